The van der Waals surface area contributed by atoms with Gasteiger partial charge in [-0.25, -0.2) is 8.42 Å². The second-order valence-corrected chi connectivity index (χ2v) is 9.27. The topological polar surface area (TPSA) is 66.5 Å². The molecule has 1 saturated heterocycles. The lowest BCUT2D eigenvalue weighted by Crippen LogP contribution is -2.39. The Hall–Kier alpha value is -2.18. The zero-order valence-corrected chi connectivity index (χ0v) is 16.8. The molecule has 0 spiro atoms. The highest BCUT2D eigenvalue weighted by molar-refractivity contribution is 7.89. The van der Waals surface area contributed by atoms with E-state index in [0.717, 1.165) is 29.7 Å². The van der Waals surface area contributed by atoms with Crippen molar-refractivity contribution in [1.29, 1.82) is 0 Å². The van der Waals surface area contributed by atoms with Gasteiger partial charge in [-0.3, -0.25) is 4.79 Å². The summed E-state index contributed by atoms with van der Waals surface area (Å²) < 4.78 is 27.2. The molecule has 0 saturated carbocycles. The highest BCUT2D eigenvalue weighted by Gasteiger charge is 2.28. The third-order valence-corrected chi connectivity index (χ3v) is 7.11. The molecule has 2 aromatic carbocycles. The van der Waals surface area contributed by atoms with Crippen molar-refractivity contribution in [2.45, 2.75) is 38.5 Å². The van der Waals surface area contributed by atoms with Gasteiger partial charge >= 0.3 is 0 Å². The summed E-state index contributed by atoms with van der Waals surface area (Å²) >= 11 is 0. The van der Waals surface area contributed by atoms with Crippen molar-refractivity contribution in [3.8, 4) is 0 Å². The Bertz CT molecular complexity index is 936. The van der Waals surface area contributed by atoms with E-state index in [-0.39, 0.29) is 10.8 Å². The molecular formula is C21H26N2O3S. The van der Waals surface area contributed by atoms with Crippen molar-refractivity contribution in [3.63, 3.8) is 0 Å². The van der Waals surface area contributed by atoms with Gasteiger partial charge in [0.25, 0.3) is 5.91 Å². The van der Waals surface area contributed by atoms with Gasteiger partial charge in [0.05, 0.1) is 4.90 Å². The number of rotatable bonds is 4. The smallest absolute Gasteiger partial charge is 0.255 e. The number of amides is 1. The summed E-state index contributed by atoms with van der Waals surface area (Å²) in [6, 6.07) is 11.9. The number of benzene rings is 2. The second-order valence-electron chi connectivity index (χ2n) is 7.34. The molecule has 1 unspecified atom stereocenters. The standard InChI is InChI=1S/C21H26N2O3S/c1-15-6-5-13-23(14-15)27(25,26)19-11-9-18(10-12-19)21(24)22-20-8-4-7-16(2)17(20)3/h4,7-12,15H,5-6,13-14H2,1-3H3,(H,22,24). The van der Waals surface area contributed by atoms with Gasteiger partial charge < -0.3 is 5.32 Å². The van der Waals surface area contributed by atoms with E-state index in [1.807, 2.05) is 32.0 Å². The Balaban J connectivity index is 1.76. The molecule has 0 aliphatic carbocycles. The third-order valence-electron chi connectivity index (χ3n) is 5.23. The van der Waals surface area contributed by atoms with E-state index in [4.69, 9.17) is 0 Å². The zero-order valence-electron chi connectivity index (χ0n) is 16.0. The summed E-state index contributed by atoms with van der Waals surface area (Å²) in [7, 11) is -3.51. The van der Waals surface area contributed by atoms with Gasteiger partial charge in [-0.05, 0) is 74.1 Å². The van der Waals surface area contributed by atoms with Crippen LogP contribution in [0.1, 0.15) is 41.3 Å². The van der Waals surface area contributed by atoms with Crippen molar-refractivity contribution >= 4 is 21.6 Å². The largest absolute Gasteiger partial charge is 0.322 e. The SMILES string of the molecule is Cc1cccc(NC(=O)c2ccc(S(=O)(=O)N3CCCC(C)C3)cc2)c1C. The molecule has 1 amide bonds. The average Bonchev–Trinajstić information content (AvgIpc) is 2.65. The van der Waals surface area contributed by atoms with E-state index >= 15 is 0 Å². The molecule has 1 N–H and O–H groups in total. The molecule has 0 aromatic heterocycles. The molecule has 1 atom stereocenters. The summed E-state index contributed by atoms with van der Waals surface area (Å²) in [5.41, 5.74) is 3.31. The Morgan fingerprint density at radius 3 is 2.48 bits per heavy atom. The first-order valence-corrected chi connectivity index (χ1v) is 10.7. The molecule has 6 heteroatoms. The van der Waals surface area contributed by atoms with E-state index in [1.165, 1.54) is 12.1 Å². The number of hydrogen-bond donors (Lipinski definition) is 1. The van der Waals surface area contributed by atoms with Crippen LogP contribution in [0, 0.1) is 19.8 Å². The van der Waals surface area contributed by atoms with Gasteiger partial charge in [0.1, 0.15) is 0 Å². The first kappa shape index (κ1) is 19.6. The monoisotopic (exact) mass is 386 g/mol. The number of carbonyl (C=O) groups excluding carboxylic acids is 1. The van der Waals surface area contributed by atoms with Gasteiger partial charge in [0, 0.05) is 24.3 Å². The molecule has 1 aliphatic rings. The third kappa shape index (κ3) is 4.22. The van der Waals surface area contributed by atoms with Crippen molar-refractivity contribution in [1.82, 2.24) is 4.31 Å². The van der Waals surface area contributed by atoms with Gasteiger partial charge in [0.2, 0.25) is 10.0 Å². The van der Waals surface area contributed by atoms with E-state index in [9.17, 15) is 13.2 Å². The fourth-order valence-electron chi connectivity index (χ4n) is 3.37. The Kier molecular flexibility index (Phi) is 5.67. The molecular weight excluding hydrogens is 360 g/mol. The molecule has 5 nitrogen and oxygen atoms in total. The summed E-state index contributed by atoms with van der Waals surface area (Å²) in [6.45, 7) is 7.13. The number of hydrogen-bond acceptors (Lipinski definition) is 3. The molecule has 1 heterocycles. The summed E-state index contributed by atoms with van der Waals surface area (Å²) in [5.74, 6) is 0.121. The zero-order chi connectivity index (χ0) is 19.6. The van der Waals surface area contributed by atoms with Crippen LogP contribution < -0.4 is 5.32 Å². The molecule has 0 bridgehead atoms. The van der Waals surface area contributed by atoms with Crippen LogP contribution in [0.15, 0.2) is 47.4 Å². The van der Waals surface area contributed by atoms with Gasteiger partial charge in [-0.1, -0.05) is 19.1 Å². The molecule has 2 aromatic rings. The Labute approximate surface area is 161 Å². The summed E-state index contributed by atoms with van der Waals surface area (Å²) in [4.78, 5) is 12.7. The molecule has 144 valence electrons. The lowest BCUT2D eigenvalue weighted by molar-refractivity contribution is 0.102. The number of nitrogens with zero attached hydrogens (tertiary/aromatic N) is 1. The summed E-state index contributed by atoms with van der Waals surface area (Å²) in [5, 5.41) is 2.90. The summed E-state index contributed by atoms with van der Waals surface area (Å²) in [6.07, 6.45) is 1.94. The number of sulfonamides is 1. The highest BCUT2D eigenvalue weighted by atomic mass is 32.2. The fraction of sp³-hybridized carbons (Fsp3) is 0.381. The van der Waals surface area contributed by atoms with Crippen molar-refractivity contribution in [2.75, 3.05) is 18.4 Å². The van der Waals surface area contributed by atoms with Gasteiger partial charge in [-0.15, -0.1) is 0 Å². The van der Waals surface area contributed by atoms with E-state index in [1.54, 1.807) is 16.4 Å². The number of nitrogens with one attached hydrogen (secondary N) is 1. The maximum absolute atomic E-state index is 12.8. The van der Waals surface area contributed by atoms with E-state index < -0.39 is 10.0 Å². The van der Waals surface area contributed by atoms with Crippen molar-refractivity contribution < 1.29 is 13.2 Å². The number of carbonyl (C=O) groups is 1. The maximum atomic E-state index is 12.8. The normalized spacial score (nSPS) is 18.3. The van der Waals surface area contributed by atoms with E-state index in [2.05, 4.69) is 12.2 Å². The van der Waals surface area contributed by atoms with Crippen LogP contribution >= 0.6 is 0 Å². The number of aryl methyl sites for hydroxylation is 1. The molecule has 1 aliphatic heterocycles. The van der Waals surface area contributed by atoms with Crippen LogP contribution in [0.3, 0.4) is 0 Å². The highest BCUT2D eigenvalue weighted by Crippen LogP contribution is 2.24. The van der Waals surface area contributed by atoms with Crippen LogP contribution in [0.5, 0.6) is 0 Å². The average molecular weight is 387 g/mol. The van der Waals surface area contributed by atoms with Crippen LogP contribution in [-0.4, -0.2) is 31.7 Å². The van der Waals surface area contributed by atoms with Gasteiger partial charge in [-0.2, -0.15) is 4.31 Å². The molecule has 1 fully saturated rings. The van der Waals surface area contributed by atoms with Crippen molar-refractivity contribution in [3.05, 3.63) is 59.2 Å². The minimum atomic E-state index is -3.51. The minimum Gasteiger partial charge on any atom is -0.322 e. The fourth-order valence-corrected chi connectivity index (χ4v) is 4.97. The first-order valence-electron chi connectivity index (χ1n) is 9.27. The number of piperidine rings is 1. The van der Waals surface area contributed by atoms with Crippen molar-refractivity contribution in [2.24, 2.45) is 5.92 Å². The lowest BCUT2D eigenvalue weighted by atomic mass is 10.0. The number of anilines is 1. The van der Waals surface area contributed by atoms with E-state index in [0.29, 0.717) is 24.6 Å². The van der Waals surface area contributed by atoms with Crippen LogP contribution in [0.4, 0.5) is 5.69 Å². The molecule has 0 radical (unpaired) electrons. The lowest BCUT2D eigenvalue weighted by Gasteiger charge is -2.30. The Morgan fingerprint density at radius 2 is 1.81 bits per heavy atom. The molecule has 27 heavy (non-hydrogen) atoms. The Morgan fingerprint density at radius 1 is 1.11 bits per heavy atom. The minimum absolute atomic E-state index is 0.236. The quantitative estimate of drug-likeness (QED) is 0.864. The predicted octanol–water partition coefficient (Wildman–Crippen LogP) is 3.98. The van der Waals surface area contributed by atoms with Gasteiger partial charge in [0.15, 0.2) is 0 Å². The first-order chi connectivity index (χ1) is 12.8. The van der Waals surface area contributed by atoms with Crippen LogP contribution in [0.2, 0.25) is 0 Å². The predicted molar refractivity (Wildman–Crippen MR) is 107 cm³/mol. The van der Waals surface area contributed by atoms with Crippen LogP contribution in [0.25, 0.3) is 0 Å². The second kappa shape index (κ2) is 7.82. The maximum Gasteiger partial charge on any atom is 0.255 e. The van der Waals surface area contributed by atoms with Crippen LogP contribution in [-0.2, 0) is 10.0 Å². The molecule has 3 rings (SSSR count).